The van der Waals surface area contributed by atoms with Gasteiger partial charge >= 0.3 is 0 Å². The number of benzene rings is 2. The van der Waals surface area contributed by atoms with Gasteiger partial charge in [-0.25, -0.2) is 0 Å². The Morgan fingerprint density at radius 3 is 2.21 bits per heavy atom. The first-order valence-corrected chi connectivity index (χ1v) is 9.87. The SMILES string of the molecule is Cl.O=C(c1ccccc1)C(Cc1ccccc1)OCC(O)CN1CCCCC1. The van der Waals surface area contributed by atoms with Crippen LogP contribution >= 0.6 is 12.4 Å². The van der Waals surface area contributed by atoms with Crippen LogP contribution < -0.4 is 0 Å². The molecule has 1 fully saturated rings. The Morgan fingerprint density at radius 1 is 0.964 bits per heavy atom. The van der Waals surface area contributed by atoms with E-state index in [1.807, 2.05) is 60.7 Å². The monoisotopic (exact) mass is 403 g/mol. The summed E-state index contributed by atoms with van der Waals surface area (Å²) in [6.45, 7) is 2.85. The molecule has 5 heteroatoms. The number of carbonyl (C=O) groups excluding carboxylic acids is 1. The van der Waals surface area contributed by atoms with Crippen LogP contribution in [0.25, 0.3) is 0 Å². The Morgan fingerprint density at radius 2 is 1.57 bits per heavy atom. The number of β-amino-alcohol motifs (C(OH)–C–C–N with tert-alkyl or cyclic N) is 1. The fourth-order valence-electron chi connectivity index (χ4n) is 3.56. The molecule has 0 radical (unpaired) electrons. The number of Topliss-reactive ketones (excluding diaryl/α,β-unsaturated/α-hetero) is 1. The van der Waals surface area contributed by atoms with Crippen molar-refractivity contribution in [2.75, 3.05) is 26.2 Å². The molecular formula is C23H30ClNO3. The van der Waals surface area contributed by atoms with Gasteiger partial charge in [0.05, 0.1) is 12.7 Å². The van der Waals surface area contributed by atoms with Crippen LogP contribution in [-0.2, 0) is 11.2 Å². The highest BCUT2D eigenvalue weighted by molar-refractivity contribution is 5.99. The van der Waals surface area contributed by atoms with E-state index in [2.05, 4.69) is 4.90 Å². The lowest BCUT2D eigenvalue weighted by Crippen LogP contribution is -2.39. The molecule has 152 valence electrons. The molecule has 0 bridgehead atoms. The zero-order valence-corrected chi connectivity index (χ0v) is 17.0. The molecule has 0 spiro atoms. The van der Waals surface area contributed by atoms with E-state index in [4.69, 9.17) is 4.74 Å². The van der Waals surface area contributed by atoms with Crippen molar-refractivity contribution < 1.29 is 14.6 Å². The van der Waals surface area contributed by atoms with Gasteiger partial charge in [0, 0.05) is 18.5 Å². The average Bonchev–Trinajstić information content (AvgIpc) is 2.73. The predicted octanol–water partition coefficient (Wildman–Crippen LogP) is 3.77. The largest absolute Gasteiger partial charge is 0.389 e. The summed E-state index contributed by atoms with van der Waals surface area (Å²) in [7, 11) is 0. The van der Waals surface area contributed by atoms with Gasteiger partial charge in [-0.2, -0.15) is 0 Å². The van der Waals surface area contributed by atoms with Crippen LogP contribution in [0.3, 0.4) is 0 Å². The number of piperidine rings is 1. The molecule has 0 amide bonds. The van der Waals surface area contributed by atoms with Crippen molar-refractivity contribution in [3.05, 3.63) is 71.8 Å². The third-order valence-electron chi connectivity index (χ3n) is 5.02. The topological polar surface area (TPSA) is 49.8 Å². The van der Waals surface area contributed by atoms with Gasteiger partial charge in [-0.3, -0.25) is 4.79 Å². The maximum atomic E-state index is 12.9. The number of carbonyl (C=O) groups is 1. The number of rotatable bonds is 9. The highest BCUT2D eigenvalue weighted by atomic mass is 35.5. The Balaban J connectivity index is 0.00000280. The summed E-state index contributed by atoms with van der Waals surface area (Å²) in [6.07, 6.45) is 2.99. The van der Waals surface area contributed by atoms with Crippen molar-refractivity contribution in [3.8, 4) is 0 Å². The molecule has 2 aromatic carbocycles. The Kier molecular flexibility index (Phi) is 9.65. The highest BCUT2D eigenvalue weighted by Crippen LogP contribution is 2.14. The molecule has 28 heavy (non-hydrogen) atoms. The van der Waals surface area contributed by atoms with E-state index in [-0.39, 0.29) is 24.8 Å². The van der Waals surface area contributed by atoms with Gasteiger partial charge in [-0.05, 0) is 31.5 Å². The van der Waals surface area contributed by atoms with E-state index in [0.717, 1.165) is 18.7 Å². The van der Waals surface area contributed by atoms with E-state index in [1.54, 1.807) is 0 Å². The van der Waals surface area contributed by atoms with Crippen LogP contribution in [0.15, 0.2) is 60.7 Å². The molecule has 3 rings (SSSR count). The minimum atomic E-state index is -0.592. The Hall–Kier alpha value is -1.72. The average molecular weight is 404 g/mol. The van der Waals surface area contributed by atoms with Crippen LogP contribution in [-0.4, -0.2) is 54.2 Å². The van der Waals surface area contributed by atoms with Crippen molar-refractivity contribution in [3.63, 3.8) is 0 Å². The lowest BCUT2D eigenvalue weighted by molar-refractivity contribution is -0.0151. The zero-order valence-electron chi connectivity index (χ0n) is 16.2. The maximum Gasteiger partial charge on any atom is 0.191 e. The van der Waals surface area contributed by atoms with E-state index < -0.39 is 12.2 Å². The maximum absolute atomic E-state index is 12.9. The van der Waals surface area contributed by atoms with Crippen LogP contribution in [0, 0.1) is 0 Å². The summed E-state index contributed by atoms with van der Waals surface area (Å²) in [5, 5.41) is 10.4. The van der Waals surface area contributed by atoms with Crippen molar-refractivity contribution in [2.24, 2.45) is 0 Å². The number of hydrogen-bond donors (Lipinski definition) is 1. The second-order valence-corrected chi connectivity index (χ2v) is 7.26. The molecule has 2 unspecified atom stereocenters. The van der Waals surface area contributed by atoms with Gasteiger partial charge in [0.1, 0.15) is 6.10 Å². The zero-order chi connectivity index (χ0) is 18.9. The highest BCUT2D eigenvalue weighted by Gasteiger charge is 2.23. The number of nitrogens with zero attached hydrogens (tertiary/aromatic N) is 1. The van der Waals surface area contributed by atoms with Crippen molar-refractivity contribution >= 4 is 18.2 Å². The summed E-state index contributed by atoms with van der Waals surface area (Å²) in [5.74, 6) is -0.0374. The molecule has 4 nitrogen and oxygen atoms in total. The lowest BCUT2D eigenvalue weighted by Gasteiger charge is -2.29. The van der Waals surface area contributed by atoms with Gasteiger partial charge in [0.25, 0.3) is 0 Å². The summed E-state index contributed by atoms with van der Waals surface area (Å²) in [6, 6.07) is 19.1. The summed E-state index contributed by atoms with van der Waals surface area (Å²) >= 11 is 0. The molecule has 2 atom stereocenters. The molecule has 1 saturated heterocycles. The standard InChI is InChI=1S/C23H29NO3.ClH/c25-21(17-24-14-8-3-9-15-24)18-27-22(16-19-10-4-1-5-11-19)23(26)20-12-6-2-7-13-20;/h1-2,4-7,10-13,21-22,25H,3,8-9,14-18H2;1H. The van der Waals surface area contributed by atoms with Gasteiger partial charge in [-0.15, -0.1) is 12.4 Å². The molecule has 1 aliphatic heterocycles. The summed E-state index contributed by atoms with van der Waals surface area (Å²) in [5.41, 5.74) is 1.70. The van der Waals surface area contributed by atoms with Crippen molar-refractivity contribution in [1.29, 1.82) is 0 Å². The normalized spacial score (nSPS) is 16.8. The number of likely N-dealkylation sites (tertiary alicyclic amines) is 1. The minimum Gasteiger partial charge on any atom is -0.389 e. The fourth-order valence-corrected chi connectivity index (χ4v) is 3.56. The predicted molar refractivity (Wildman–Crippen MR) is 114 cm³/mol. The second kappa shape index (κ2) is 12.0. The van der Waals surface area contributed by atoms with Crippen LogP contribution in [0.4, 0.5) is 0 Å². The summed E-state index contributed by atoms with van der Waals surface area (Å²) < 4.78 is 5.94. The van der Waals surface area contributed by atoms with Gasteiger partial charge in [-0.1, -0.05) is 67.1 Å². The van der Waals surface area contributed by atoms with Crippen LogP contribution in [0.5, 0.6) is 0 Å². The quantitative estimate of drug-likeness (QED) is 0.647. The molecule has 0 aliphatic carbocycles. The van der Waals surface area contributed by atoms with Gasteiger partial charge in [0.15, 0.2) is 5.78 Å². The number of ketones is 1. The number of aliphatic hydroxyl groups is 1. The smallest absolute Gasteiger partial charge is 0.191 e. The molecule has 2 aromatic rings. The first-order chi connectivity index (χ1) is 13.2. The first-order valence-electron chi connectivity index (χ1n) is 9.87. The van der Waals surface area contributed by atoms with E-state index >= 15 is 0 Å². The molecule has 0 aromatic heterocycles. The van der Waals surface area contributed by atoms with Crippen LogP contribution in [0.1, 0.15) is 35.2 Å². The number of hydrogen-bond acceptors (Lipinski definition) is 4. The number of aliphatic hydroxyl groups excluding tert-OH is 1. The van der Waals surface area contributed by atoms with Crippen LogP contribution in [0.2, 0.25) is 0 Å². The Bertz CT molecular complexity index is 690. The Labute approximate surface area is 173 Å². The lowest BCUT2D eigenvalue weighted by atomic mass is 10.00. The van der Waals surface area contributed by atoms with E-state index in [0.29, 0.717) is 18.5 Å². The fraction of sp³-hybridized carbons (Fsp3) is 0.435. The molecule has 1 heterocycles. The molecule has 0 saturated carbocycles. The number of halogens is 1. The molecule has 1 aliphatic rings. The molecule has 1 N–H and O–H groups in total. The van der Waals surface area contributed by atoms with Crippen molar-refractivity contribution in [1.82, 2.24) is 4.90 Å². The van der Waals surface area contributed by atoms with Gasteiger partial charge < -0.3 is 14.7 Å². The molecular weight excluding hydrogens is 374 g/mol. The minimum absolute atomic E-state index is 0. The van der Waals surface area contributed by atoms with E-state index in [1.165, 1.54) is 19.3 Å². The third kappa shape index (κ3) is 7.02. The van der Waals surface area contributed by atoms with E-state index in [9.17, 15) is 9.90 Å². The third-order valence-corrected chi connectivity index (χ3v) is 5.02. The number of ether oxygens (including phenoxy) is 1. The van der Waals surface area contributed by atoms with Crippen molar-refractivity contribution in [2.45, 2.75) is 37.9 Å². The first kappa shape index (κ1) is 22.6. The van der Waals surface area contributed by atoms with Gasteiger partial charge in [0.2, 0.25) is 0 Å². The second-order valence-electron chi connectivity index (χ2n) is 7.26. The summed E-state index contributed by atoms with van der Waals surface area (Å²) in [4.78, 5) is 15.2.